The minimum atomic E-state index is -4.84. The fourth-order valence-electron chi connectivity index (χ4n) is 4.33. The molecule has 1 heterocycles. The number of likely N-dealkylation sites (tertiary alicyclic amines) is 1. The predicted molar refractivity (Wildman–Crippen MR) is 123 cm³/mol. The van der Waals surface area contributed by atoms with Crippen LogP contribution in [0.2, 0.25) is 0 Å². The van der Waals surface area contributed by atoms with Gasteiger partial charge in [0.2, 0.25) is 10.0 Å². The number of rotatable bonds is 7. The van der Waals surface area contributed by atoms with E-state index in [0.717, 1.165) is 48.4 Å². The first-order valence-corrected chi connectivity index (χ1v) is 12.4. The van der Waals surface area contributed by atoms with Crippen LogP contribution in [0, 0.1) is 0 Å². The molecule has 0 amide bonds. The van der Waals surface area contributed by atoms with Crippen LogP contribution in [0.5, 0.6) is 5.75 Å². The summed E-state index contributed by atoms with van der Waals surface area (Å²) < 4.78 is 69.5. The number of benzene rings is 3. The lowest BCUT2D eigenvalue weighted by Crippen LogP contribution is -2.48. The molecule has 0 saturated carbocycles. The Morgan fingerprint density at radius 1 is 0.882 bits per heavy atom. The third-order valence-corrected chi connectivity index (χ3v) is 7.27. The number of halogens is 3. The standard InChI is InChI=1S/C25H25F3N2O3S/c26-25(27,28)33-22-13-15-23(16-14-22)34(31,32)29-21-12-7-17-30(18-21)24(19-8-3-1-4-9-19)20-10-5-2-6-11-20/h1-6,8-11,13-16,21,24,29H,7,12,17-18H2/t21-/m0/s1. The normalized spacial score (nSPS) is 17.6. The summed E-state index contributed by atoms with van der Waals surface area (Å²) in [5.41, 5.74) is 2.25. The lowest BCUT2D eigenvalue weighted by molar-refractivity contribution is -0.274. The molecule has 1 saturated heterocycles. The highest BCUT2D eigenvalue weighted by molar-refractivity contribution is 7.89. The second kappa shape index (κ2) is 10.2. The molecule has 0 unspecified atom stereocenters. The minimum Gasteiger partial charge on any atom is -0.406 e. The largest absolute Gasteiger partial charge is 0.573 e. The van der Waals surface area contributed by atoms with Crippen molar-refractivity contribution in [2.45, 2.75) is 36.2 Å². The van der Waals surface area contributed by atoms with Gasteiger partial charge in [-0.2, -0.15) is 0 Å². The van der Waals surface area contributed by atoms with E-state index in [4.69, 9.17) is 0 Å². The predicted octanol–water partition coefficient (Wildman–Crippen LogP) is 5.12. The van der Waals surface area contributed by atoms with Gasteiger partial charge >= 0.3 is 6.36 Å². The van der Waals surface area contributed by atoms with Crippen molar-refractivity contribution in [1.82, 2.24) is 9.62 Å². The molecule has 1 N–H and O–H groups in total. The maximum absolute atomic E-state index is 12.9. The lowest BCUT2D eigenvalue weighted by Gasteiger charge is -2.39. The molecule has 180 valence electrons. The van der Waals surface area contributed by atoms with Crippen LogP contribution in [0.3, 0.4) is 0 Å². The monoisotopic (exact) mass is 490 g/mol. The van der Waals surface area contributed by atoms with Crippen molar-refractivity contribution in [1.29, 1.82) is 0 Å². The summed E-state index contributed by atoms with van der Waals surface area (Å²) in [5.74, 6) is -0.469. The zero-order valence-electron chi connectivity index (χ0n) is 18.3. The number of sulfonamides is 1. The average Bonchev–Trinajstić information content (AvgIpc) is 2.80. The van der Waals surface area contributed by atoms with Gasteiger partial charge in [-0.3, -0.25) is 4.90 Å². The summed E-state index contributed by atoms with van der Waals surface area (Å²) in [6.07, 6.45) is -3.36. The van der Waals surface area contributed by atoms with Gasteiger partial charge in [-0.05, 0) is 54.8 Å². The Morgan fingerprint density at radius 2 is 1.44 bits per heavy atom. The molecular weight excluding hydrogens is 465 g/mol. The van der Waals surface area contributed by atoms with Crippen molar-refractivity contribution < 1.29 is 26.3 Å². The molecule has 5 nitrogen and oxygen atoms in total. The van der Waals surface area contributed by atoms with E-state index >= 15 is 0 Å². The first kappa shape index (κ1) is 24.3. The molecular formula is C25H25F3N2O3S. The Hall–Kier alpha value is -2.88. The molecule has 4 rings (SSSR count). The van der Waals surface area contributed by atoms with E-state index in [9.17, 15) is 21.6 Å². The Morgan fingerprint density at radius 3 is 1.97 bits per heavy atom. The maximum atomic E-state index is 12.9. The highest BCUT2D eigenvalue weighted by Gasteiger charge is 2.32. The van der Waals surface area contributed by atoms with Crippen molar-refractivity contribution in [3.05, 3.63) is 96.1 Å². The van der Waals surface area contributed by atoms with E-state index in [1.165, 1.54) is 0 Å². The molecule has 34 heavy (non-hydrogen) atoms. The molecule has 0 aliphatic carbocycles. The fourth-order valence-corrected chi connectivity index (χ4v) is 5.59. The Kier molecular flexibility index (Phi) is 7.25. The number of piperidine rings is 1. The fraction of sp³-hybridized carbons (Fsp3) is 0.280. The first-order valence-electron chi connectivity index (χ1n) is 10.9. The summed E-state index contributed by atoms with van der Waals surface area (Å²) >= 11 is 0. The summed E-state index contributed by atoms with van der Waals surface area (Å²) in [4.78, 5) is 2.16. The van der Waals surface area contributed by atoms with Crippen molar-refractivity contribution >= 4 is 10.0 Å². The van der Waals surface area contributed by atoms with Gasteiger partial charge in [-0.25, -0.2) is 13.1 Å². The molecule has 1 aliphatic rings. The van der Waals surface area contributed by atoms with Crippen molar-refractivity contribution in [2.24, 2.45) is 0 Å². The van der Waals surface area contributed by atoms with Crippen molar-refractivity contribution in [3.8, 4) is 5.75 Å². The smallest absolute Gasteiger partial charge is 0.406 e. The van der Waals surface area contributed by atoms with Gasteiger partial charge in [-0.1, -0.05) is 60.7 Å². The van der Waals surface area contributed by atoms with Crippen LogP contribution >= 0.6 is 0 Å². The van der Waals surface area contributed by atoms with Gasteiger partial charge in [-0.15, -0.1) is 13.2 Å². The summed E-state index contributed by atoms with van der Waals surface area (Å²) in [7, 11) is -3.91. The molecule has 1 atom stereocenters. The van der Waals surface area contributed by atoms with Gasteiger partial charge in [0.25, 0.3) is 0 Å². The molecule has 0 spiro atoms. The minimum absolute atomic E-state index is 0.0199. The molecule has 1 fully saturated rings. The third-order valence-electron chi connectivity index (χ3n) is 5.74. The molecule has 1 aliphatic heterocycles. The van der Waals surface area contributed by atoms with E-state index in [1.807, 2.05) is 36.4 Å². The first-order chi connectivity index (χ1) is 16.2. The maximum Gasteiger partial charge on any atom is 0.573 e. The third kappa shape index (κ3) is 6.16. The van der Waals surface area contributed by atoms with E-state index in [1.54, 1.807) is 0 Å². The van der Waals surface area contributed by atoms with Gasteiger partial charge < -0.3 is 4.74 Å². The van der Waals surface area contributed by atoms with E-state index < -0.39 is 22.1 Å². The van der Waals surface area contributed by atoms with Gasteiger partial charge in [0.1, 0.15) is 5.75 Å². The number of hydrogen-bond donors (Lipinski definition) is 1. The van der Waals surface area contributed by atoms with Crippen LogP contribution in [-0.4, -0.2) is 38.8 Å². The zero-order chi connectivity index (χ0) is 24.2. The van der Waals surface area contributed by atoms with Crippen LogP contribution in [0.25, 0.3) is 0 Å². The van der Waals surface area contributed by atoms with Gasteiger partial charge in [0.05, 0.1) is 10.9 Å². The van der Waals surface area contributed by atoms with E-state index in [2.05, 4.69) is 38.6 Å². The second-order valence-corrected chi connectivity index (χ2v) is 9.91. The average molecular weight is 491 g/mol. The number of nitrogens with zero attached hydrogens (tertiary/aromatic N) is 1. The molecule has 3 aromatic carbocycles. The van der Waals surface area contributed by atoms with Gasteiger partial charge in [0.15, 0.2) is 0 Å². The summed E-state index contributed by atoms with van der Waals surface area (Å²) in [5, 5.41) is 0. The SMILES string of the molecule is O=S(=O)(N[C@H]1CCCN(C(c2ccccc2)c2ccccc2)C1)c1ccc(OC(F)(F)F)cc1. The second-order valence-electron chi connectivity index (χ2n) is 8.20. The number of ether oxygens (including phenoxy) is 1. The highest BCUT2D eigenvalue weighted by Crippen LogP contribution is 2.31. The number of hydrogen-bond acceptors (Lipinski definition) is 4. The van der Waals surface area contributed by atoms with Crippen LogP contribution in [0.1, 0.15) is 30.0 Å². The highest BCUT2D eigenvalue weighted by atomic mass is 32.2. The summed E-state index contributed by atoms with van der Waals surface area (Å²) in [6.45, 7) is 1.32. The quantitative estimate of drug-likeness (QED) is 0.500. The van der Waals surface area contributed by atoms with Crippen molar-refractivity contribution in [3.63, 3.8) is 0 Å². The Labute approximate surface area is 197 Å². The van der Waals surface area contributed by atoms with Crippen LogP contribution in [0.4, 0.5) is 13.2 Å². The van der Waals surface area contributed by atoms with Crippen molar-refractivity contribution in [2.75, 3.05) is 13.1 Å². The molecule has 0 radical (unpaired) electrons. The zero-order valence-corrected chi connectivity index (χ0v) is 19.1. The lowest BCUT2D eigenvalue weighted by atomic mass is 9.94. The molecule has 3 aromatic rings. The Balaban J connectivity index is 1.50. The van der Waals surface area contributed by atoms with Crippen LogP contribution in [0.15, 0.2) is 89.8 Å². The Bertz CT molecular complexity index is 1130. The van der Waals surface area contributed by atoms with Crippen LogP contribution < -0.4 is 9.46 Å². The topological polar surface area (TPSA) is 58.6 Å². The van der Waals surface area contributed by atoms with Crippen LogP contribution in [-0.2, 0) is 10.0 Å². The number of nitrogens with one attached hydrogen (secondary N) is 1. The van der Waals surface area contributed by atoms with E-state index in [-0.39, 0.29) is 17.0 Å². The van der Waals surface area contributed by atoms with E-state index in [0.29, 0.717) is 13.0 Å². The summed E-state index contributed by atoms with van der Waals surface area (Å²) in [6, 6.07) is 24.0. The van der Waals surface area contributed by atoms with Gasteiger partial charge in [0, 0.05) is 12.6 Å². The number of alkyl halides is 3. The molecule has 0 bridgehead atoms. The molecule has 0 aromatic heterocycles. The molecule has 9 heteroatoms.